The van der Waals surface area contributed by atoms with E-state index in [2.05, 4.69) is 62.1 Å². The van der Waals surface area contributed by atoms with Gasteiger partial charge in [-0.3, -0.25) is 0 Å². The first kappa shape index (κ1) is 20.7. The molecule has 154 valence electrons. The summed E-state index contributed by atoms with van der Waals surface area (Å²) in [5.41, 5.74) is 6.31. The fourth-order valence-electron chi connectivity index (χ4n) is 4.16. The molecule has 3 aromatic carbocycles. The van der Waals surface area contributed by atoms with E-state index in [-0.39, 0.29) is 11.3 Å². The number of carboxylic acid groups (broad SMARTS) is 1. The molecule has 1 N–H and O–H groups in total. The Balaban J connectivity index is 1.63. The van der Waals surface area contributed by atoms with Gasteiger partial charge in [0.1, 0.15) is 0 Å². The largest absolute Gasteiger partial charge is 0.478 e. The second-order valence-corrected chi connectivity index (χ2v) is 8.72. The number of benzene rings is 3. The van der Waals surface area contributed by atoms with Gasteiger partial charge >= 0.3 is 5.97 Å². The smallest absolute Gasteiger partial charge is 0.335 e. The van der Waals surface area contributed by atoms with E-state index in [1.807, 2.05) is 36.4 Å². The van der Waals surface area contributed by atoms with Gasteiger partial charge in [-0.05, 0) is 64.8 Å². The van der Waals surface area contributed by atoms with Crippen molar-refractivity contribution < 1.29 is 9.90 Å². The lowest BCUT2D eigenvalue weighted by Crippen LogP contribution is -2.26. The van der Waals surface area contributed by atoms with Crippen LogP contribution >= 0.6 is 0 Å². The van der Waals surface area contributed by atoms with Gasteiger partial charge in [0, 0.05) is 11.5 Å². The molecule has 0 fully saturated rings. The highest BCUT2D eigenvalue weighted by Crippen LogP contribution is 2.42. The molecule has 0 aromatic heterocycles. The van der Waals surface area contributed by atoms with Crippen LogP contribution in [0, 0.1) is 11.8 Å². The van der Waals surface area contributed by atoms with Crippen molar-refractivity contribution in [3.63, 3.8) is 0 Å². The van der Waals surface area contributed by atoms with Crippen LogP contribution in [0.2, 0.25) is 0 Å². The molecule has 3 aromatic rings. The highest BCUT2D eigenvalue weighted by atomic mass is 16.4. The molecule has 0 amide bonds. The molecule has 1 aliphatic rings. The lowest BCUT2D eigenvalue weighted by atomic mass is 9.68. The molecule has 2 nitrogen and oxygen atoms in total. The summed E-state index contributed by atoms with van der Waals surface area (Å²) in [6.45, 7) is 4.62. The fraction of sp³-hybridized carbons (Fsp3) is 0.207. The second-order valence-electron chi connectivity index (χ2n) is 8.72. The zero-order chi connectivity index (χ0) is 21.8. The Morgan fingerprint density at radius 3 is 2.35 bits per heavy atom. The second kappa shape index (κ2) is 8.66. The summed E-state index contributed by atoms with van der Waals surface area (Å²) in [6.07, 6.45) is 6.29. The van der Waals surface area contributed by atoms with E-state index in [1.165, 1.54) is 11.1 Å². The van der Waals surface area contributed by atoms with Gasteiger partial charge < -0.3 is 5.11 Å². The van der Waals surface area contributed by atoms with Crippen molar-refractivity contribution in [1.29, 1.82) is 0 Å². The molecule has 1 unspecified atom stereocenters. The number of fused-ring (bicyclic) bond motifs is 1. The van der Waals surface area contributed by atoms with Gasteiger partial charge in [-0.15, -0.1) is 0 Å². The molecule has 0 bridgehead atoms. The Labute approximate surface area is 184 Å². The van der Waals surface area contributed by atoms with E-state index in [4.69, 9.17) is 5.11 Å². The van der Waals surface area contributed by atoms with Crippen molar-refractivity contribution in [2.24, 2.45) is 0 Å². The molecular weight excluding hydrogens is 380 g/mol. The van der Waals surface area contributed by atoms with Crippen molar-refractivity contribution >= 4 is 18.1 Å². The average Bonchev–Trinajstić information content (AvgIpc) is 2.78. The molecule has 1 aliphatic carbocycles. The number of carboxylic acids is 1. The Hall–Kier alpha value is -3.57. The summed E-state index contributed by atoms with van der Waals surface area (Å²) < 4.78 is 0. The molecule has 2 heteroatoms. The topological polar surface area (TPSA) is 37.3 Å². The van der Waals surface area contributed by atoms with Gasteiger partial charge in [-0.25, -0.2) is 4.79 Å². The third kappa shape index (κ3) is 4.78. The highest BCUT2D eigenvalue weighted by molar-refractivity contribution is 5.88. The predicted molar refractivity (Wildman–Crippen MR) is 127 cm³/mol. The zero-order valence-corrected chi connectivity index (χ0v) is 17.9. The summed E-state index contributed by atoms with van der Waals surface area (Å²) in [7, 11) is 0. The summed E-state index contributed by atoms with van der Waals surface area (Å²) in [6, 6.07) is 23.8. The number of aromatic carboxylic acids is 1. The average molecular weight is 407 g/mol. The molecule has 0 saturated carbocycles. The minimum Gasteiger partial charge on any atom is -0.478 e. The zero-order valence-electron chi connectivity index (χ0n) is 17.9. The molecule has 1 atom stereocenters. The first-order valence-corrected chi connectivity index (χ1v) is 10.6. The van der Waals surface area contributed by atoms with Gasteiger partial charge in [0.2, 0.25) is 0 Å². The maximum Gasteiger partial charge on any atom is 0.335 e. The normalized spacial score (nSPS) is 16.9. The molecule has 4 rings (SSSR count). The van der Waals surface area contributed by atoms with E-state index >= 15 is 0 Å². The number of rotatable bonds is 3. The number of carbonyl (C=O) groups is 1. The molecule has 0 spiro atoms. The van der Waals surface area contributed by atoms with Gasteiger partial charge in [0.25, 0.3) is 0 Å². The van der Waals surface area contributed by atoms with Crippen molar-refractivity contribution in [1.82, 2.24) is 0 Å². The van der Waals surface area contributed by atoms with E-state index < -0.39 is 5.97 Å². The van der Waals surface area contributed by atoms with Crippen LogP contribution in [0.4, 0.5) is 0 Å². The van der Waals surface area contributed by atoms with Crippen LogP contribution in [0.1, 0.15) is 70.8 Å². The van der Waals surface area contributed by atoms with Crippen molar-refractivity contribution in [2.75, 3.05) is 0 Å². The summed E-state index contributed by atoms with van der Waals surface area (Å²) in [5.74, 6) is 6.20. The van der Waals surface area contributed by atoms with E-state index in [9.17, 15) is 4.79 Å². The lowest BCUT2D eigenvalue weighted by Gasteiger charge is -2.35. The molecule has 0 heterocycles. The maximum absolute atomic E-state index is 11.0. The Morgan fingerprint density at radius 2 is 1.65 bits per heavy atom. The standard InChI is InChI=1S/C29H26O2/c1-29(2)19-18-24(14-10-21-6-4-3-5-7-21)26-20-23(13-17-27(26)29)9-8-22-11-15-25(16-12-22)28(30)31/h3-9,11-13,15-17,20,24H,18-19H2,1-2H3,(H,30,31)/b9-8+. The van der Waals surface area contributed by atoms with E-state index in [0.29, 0.717) is 5.56 Å². The van der Waals surface area contributed by atoms with Crippen LogP contribution in [0.15, 0.2) is 72.8 Å². The lowest BCUT2D eigenvalue weighted by molar-refractivity contribution is 0.0697. The molecule has 0 radical (unpaired) electrons. The Morgan fingerprint density at radius 1 is 0.968 bits per heavy atom. The Bertz CT molecular complexity index is 1170. The molecule has 0 saturated heterocycles. The third-order valence-electron chi connectivity index (χ3n) is 6.03. The maximum atomic E-state index is 11.0. The predicted octanol–water partition coefficient (Wildman–Crippen LogP) is 6.76. The number of hydrogen-bond acceptors (Lipinski definition) is 1. The van der Waals surface area contributed by atoms with E-state index in [1.54, 1.807) is 12.1 Å². The molecular formula is C29H26O2. The minimum absolute atomic E-state index is 0.148. The van der Waals surface area contributed by atoms with E-state index in [0.717, 1.165) is 29.5 Å². The van der Waals surface area contributed by atoms with Crippen molar-refractivity contribution in [3.05, 3.63) is 106 Å². The first-order valence-electron chi connectivity index (χ1n) is 10.6. The fourth-order valence-corrected chi connectivity index (χ4v) is 4.16. The van der Waals surface area contributed by atoms with Crippen LogP contribution in [0.5, 0.6) is 0 Å². The number of hydrogen-bond donors (Lipinski definition) is 1. The summed E-state index contributed by atoms with van der Waals surface area (Å²) >= 11 is 0. The van der Waals surface area contributed by atoms with Gasteiger partial charge in [-0.2, -0.15) is 0 Å². The van der Waals surface area contributed by atoms with Crippen molar-refractivity contribution in [3.8, 4) is 11.8 Å². The van der Waals surface area contributed by atoms with Gasteiger partial charge in [0.05, 0.1) is 5.56 Å². The van der Waals surface area contributed by atoms with Crippen LogP contribution in [-0.4, -0.2) is 11.1 Å². The minimum atomic E-state index is -0.907. The molecule has 0 aliphatic heterocycles. The van der Waals surface area contributed by atoms with Gasteiger partial charge in [0.15, 0.2) is 0 Å². The van der Waals surface area contributed by atoms with Crippen molar-refractivity contribution in [2.45, 2.75) is 38.0 Å². The molecule has 31 heavy (non-hydrogen) atoms. The quantitative estimate of drug-likeness (QED) is 0.385. The summed E-state index contributed by atoms with van der Waals surface area (Å²) in [4.78, 5) is 11.0. The van der Waals surface area contributed by atoms with Crippen LogP contribution in [0.3, 0.4) is 0 Å². The third-order valence-corrected chi connectivity index (χ3v) is 6.03. The Kier molecular flexibility index (Phi) is 5.78. The highest BCUT2D eigenvalue weighted by Gasteiger charge is 2.31. The SMILES string of the molecule is CC1(C)CCC(C#Cc2ccccc2)c2cc(/C=C/c3ccc(C(=O)O)cc3)ccc21. The van der Waals surface area contributed by atoms with Crippen LogP contribution in [-0.2, 0) is 5.41 Å². The van der Waals surface area contributed by atoms with Gasteiger partial charge in [-0.1, -0.05) is 86.4 Å². The van der Waals surface area contributed by atoms with Crippen LogP contribution < -0.4 is 0 Å². The van der Waals surface area contributed by atoms with Crippen LogP contribution in [0.25, 0.3) is 12.2 Å². The summed E-state index contributed by atoms with van der Waals surface area (Å²) in [5, 5.41) is 9.05. The monoisotopic (exact) mass is 406 g/mol. The first-order chi connectivity index (χ1) is 14.9.